The van der Waals surface area contributed by atoms with Crippen LogP contribution in [0.5, 0.6) is 0 Å². The molecule has 1 aromatic heterocycles. The third kappa shape index (κ3) is 3.35. The van der Waals surface area contributed by atoms with Crippen molar-refractivity contribution in [2.45, 2.75) is 6.42 Å². The van der Waals surface area contributed by atoms with Gasteiger partial charge < -0.3 is 16.0 Å². The molecular formula is C7H10N4OS2. The second-order valence-electron chi connectivity index (χ2n) is 2.59. The largest absolute Gasteiger partial charge is 0.371 e. The first-order valence-electron chi connectivity index (χ1n) is 3.90. The van der Waals surface area contributed by atoms with Gasteiger partial charge in [0.25, 0.3) is 5.91 Å². The lowest BCUT2D eigenvalue weighted by Crippen LogP contribution is -2.19. The van der Waals surface area contributed by atoms with E-state index in [1.807, 2.05) is 0 Å². The molecule has 7 heteroatoms. The number of carbonyl (C=O) groups excluding carboxylic acids is 1. The fourth-order valence-corrected chi connectivity index (χ4v) is 1.13. The van der Waals surface area contributed by atoms with Gasteiger partial charge in [-0.05, 0) is 0 Å². The van der Waals surface area contributed by atoms with Gasteiger partial charge in [-0.3, -0.25) is 4.79 Å². The Labute approximate surface area is 91.9 Å². The molecule has 4 N–H and O–H groups in total. The standard InChI is InChI=1S/C7H10N4OS2/c8-5(12)6-10-3-4(11-6)1-2-9-7(13)14/h3H,1-2H2,(H2,8,12)(H,10,11)(H2,9,13,14). The first-order chi connectivity index (χ1) is 6.59. The molecule has 0 unspecified atom stereocenters. The van der Waals surface area contributed by atoms with Crippen LogP contribution < -0.4 is 11.1 Å². The molecule has 0 bridgehead atoms. The topological polar surface area (TPSA) is 83.8 Å². The van der Waals surface area contributed by atoms with E-state index in [0.29, 0.717) is 17.3 Å². The predicted molar refractivity (Wildman–Crippen MR) is 60.4 cm³/mol. The van der Waals surface area contributed by atoms with E-state index >= 15 is 0 Å². The van der Waals surface area contributed by atoms with Gasteiger partial charge in [-0.2, -0.15) is 0 Å². The van der Waals surface area contributed by atoms with Gasteiger partial charge in [-0.25, -0.2) is 4.98 Å². The van der Waals surface area contributed by atoms with Crippen LogP contribution in [-0.2, 0) is 6.42 Å². The molecular weight excluding hydrogens is 220 g/mol. The summed E-state index contributed by atoms with van der Waals surface area (Å²) < 4.78 is 0.440. The summed E-state index contributed by atoms with van der Waals surface area (Å²) in [6.45, 7) is 0.630. The van der Waals surface area contributed by atoms with Gasteiger partial charge >= 0.3 is 0 Å². The Kier molecular flexibility index (Phi) is 3.90. The van der Waals surface area contributed by atoms with E-state index in [-0.39, 0.29) is 5.82 Å². The molecule has 1 aromatic rings. The van der Waals surface area contributed by atoms with Crippen LogP contribution in [0.3, 0.4) is 0 Å². The molecule has 0 aromatic carbocycles. The minimum absolute atomic E-state index is 0.174. The molecule has 0 aliphatic carbocycles. The zero-order valence-corrected chi connectivity index (χ0v) is 8.99. The van der Waals surface area contributed by atoms with Gasteiger partial charge in [0.15, 0.2) is 5.82 Å². The van der Waals surface area contributed by atoms with Crippen LogP contribution in [0.1, 0.15) is 16.3 Å². The van der Waals surface area contributed by atoms with Crippen molar-refractivity contribution in [2.75, 3.05) is 6.54 Å². The molecule has 1 heterocycles. The van der Waals surface area contributed by atoms with Gasteiger partial charge in [0.05, 0.1) is 5.69 Å². The van der Waals surface area contributed by atoms with Crippen molar-refractivity contribution in [1.82, 2.24) is 15.3 Å². The van der Waals surface area contributed by atoms with E-state index in [1.165, 1.54) is 0 Å². The maximum atomic E-state index is 10.7. The minimum Gasteiger partial charge on any atom is -0.371 e. The van der Waals surface area contributed by atoms with E-state index in [9.17, 15) is 4.79 Å². The Hall–Kier alpha value is -1.08. The number of nitrogens with one attached hydrogen (secondary N) is 2. The summed E-state index contributed by atoms with van der Waals surface area (Å²) in [6, 6.07) is 0. The number of hydrogen-bond donors (Lipinski definition) is 4. The molecule has 0 atom stereocenters. The predicted octanol–water partition coefficient (Wildman–Crippen LogP) is -0.145. The molecule has 1 rings (SSSR count). The normalized spacial score (nSPS) is 9.79. The van der Waals surface area contributed by atoms with Crippen molar-refractivity contribution in [3.8, 4) is 0 Å². The maximum Gasteiger partial charge on any atom is 0.284 e. The summed E-state index contributed by atoms with van der Waals surface area (Å²) in [4.78, 5) is 17.3. The van der Waals surface area contributed by atoms with Crippen LogP contribution >= 0.6 is 24.8 Å². The zero-order valence-electron chi connectivity index (χ0n) is 7.28. The number of nitrogens with two attached hydrogens (primary N) is 1. The molecule has 0 radical (unpaired) electrons. The lowest BCUT2D eigenvalue weighted by atomic mass is 10.3. The molecule has 0 aliphatic rings. The number of aromatic amines is 1. The third-order valence-electron chi connectivity index (χ3n) is 1.52. The van der Waals surface area contributed by atoms with Crippen LogP contribution in [0.2, 0.25) is 0 Å². The number of primary amides is 1. The summed E-state index contributed by atoms with van der Waals surface area (Å²) in [5.41, 5.74) is 5.78. The van der Waals surface area contributed by atoms with Crippen LogP contribution in [0, 0.1) is 0 Å². The molecule has 1 amide bonds. The summed E-state index contributed by atoms with van der Waals surface area (Å²) >= 11 is 8.61. The Balaban J connectivity index is 2.44. The summed E-state index contributed by atoms with van der Waals surface area (Å²) in [5.74, 6) is -0.387. The highest BCUT2D eigenvalue weighted by atomic mass is 32.1. The molecule has 0 spiro atoms. The lowest BCUT2D eigenvalue weighted by molar-refractivity contribution is 0.0991. The molecule has 0 saturated heterocycles. The van der Waals surface area contributed by atoms with Crippen LogP contribution in [0.25, 0.3) is 0 Å². The van der Waals surface area contributed by atoms with Crippen molar-refractivity contribution in [1.29, 1.82) is 0 Å². The number of nitrogens with zero attached hydrogens (tertiary/aromatic N) is 1. The molecule has 0 fully saturated rings. The quantitative estimate of drug-likeness (QED) is 0.428. The number of thiocarbonyl (C=S) groups is 1. The molecule has 0 saturated carbocycles. The van der Waals surface area contributed by atoms with Crippen LogP contribution in [0.15, 0.2) is 6.20 Å². The van der Waals surface area contributed by atoms with Crippen molar-refractivity contribution in [3.05, 3.63) is 17.7 Å². The van der Waals surface area contributed by atoms with Crippen molar-refractivity contribution >= 4 is 35.1 Å². The fraction of sp³-hybridized carbons (Fsp3) is 0.286. The van der Waals surface area contributed by atoms with E-state index in [1.54, 1.807) is 6.20 Å². The van der Waals surface area contributed by atoms with E-state index in [0.717, 1.165) is 5.69 Å². The highest BCUT2D eigenvalue weighted by Gasteiger charge is 2.05. The number of amides is 1. The van der Waals surface area contributed by atoms with Crippen molar-refractivity contribution < 1.29 is 4.79 Å². The van der Waals surface area contributed by atoms with E-state index < -0.39 is 5.91 Å². The summed E-state index contributed by atoms with van der Waals surface area (Å²) in [7, 11) is 0. The molecule has 76 valence electrons. The second-order valence-corrected chi connectivity index (χ2v) is 3.74. The Morgan fingerprint density at radius 1 is 1.79 bits per heavy atom. The van der Waals surface area contributed by atoms with Gasteiger partial charge in [0.1, 0.15) is 4.32 Å². The average Bonchev–Trinajstić information content (AvgIpc) is 2.52. The van der Waals surface area contributed by atoms with Crippen molar-refractivity contribution in [2.24, 2.45) is 5.73 Å². The Bertz CT molecular complexity index is 349. The first kappa shape index (κ1) is 11.0. The fourth-order valence-electron chi connectivity index (χ4n) is 0.912. The monoisotopic (exact) mass is 230 g/mol. The molecule has 0 aliphatic heterocycles. The highest BCUT2D eigenvalue weighted by molar-refractivity contribution is 8.11. The number of thiol groups is 1. The second kappa shape index (κ2) is 4.97. The highest BCUT2D eigenvalue weighted by Crippen LogP contribution is 1.96. The smallest absolute Gasteiger partial charge is 0.284 e. The lowest BCUT2D eigenvalue weighted by Gasteiger charge is -1.99. The maximum absolute atomic E-state index is 10.7. The number of hydrogen-bond acceptors (Lipinski definition) is 3. The number of aromatic nitrogens is 2. The molecule has 14 heavy (non-hydrogen) atoms. The van der Waals surface area contributed by atoms with E-state index in [2.05, 4.69) is 27.9 Å². The summed E-state index contributed by atoms with van der Waals surface area (Å²) in [5, 5.41) is 2.86. The first-order valence-corrected chi connectivity index (χ1v) is 4.76. The van der Waals surface area contributed by atoms with Gasteiger partial charge in [-0.1, -0.05) is 12.2 Å². The van der Waals surface area contributed by atoms with Crippen LogP contribution in [0.4, 0.5) is 0 Å². The van der Waals surface area contributed by atoms with E-state index in [4.69, 9.17) is 18.0 Å². The number of rotatable bonds is 4. The molecule has 5 nitrogen and oxygen atoms in total. The SMILES string of the molecule is NC(=O)c1nc(CCNC(=S)S)c[nH]1. The number of imidazole rings is 1. The van der Waals surface area contributed by atoms with Gasteiger partial charge in [0, 0.05) is 19.2 Å². The van der Waals surface area contributed by atoms with Crippen molar-refractivity contribution in [3.63, 3.8) is 0 Å². The number of H-pyrrole nitrogens is 1. The average molecular weight is 230 g/mol. The number of carbonyl (C=O) groups is 1. The Morgan fingerprint density at radius 2 is 2.50 bits per heavy atom. The van der Waals surface area contributed by atoms with Crippen LogP contribution in [-0.4, -0.2) is 26.7 Å². The zero-order chi connectivity index (χ0) is 10.6. The summed E-state index contributed by atoms with van der Waals surface area (Å²) in [6.07, 6.45) is 2.30. The third-order valence-corrected chi connectivity index (χ3v) is 1.82. The Morgan fingerprint density at radius 3 is 3.00 bits per heavy atom. The minimum atomic E-state index is -0.561. The van der Waals surface area contributed by atoms with Gasteiger partial charge in [-0.15, -0.1) is 12.6 Å². The van der Waals surface area contributed by atoms with Gasteiger partial charge in [0.2, 0.25) is 0 Å².